The molecule has 0 N–H and O–H groups in total. The molecule has 13 heavy (non-hydrogen) atoms. The summed E-state index contributed by atoms with van der Waals surface area (Å²) in [7, 11) is 1.44. The lowest BCUT2D eigenvalue weighted by Gasteiger charge is -1.91. The van der Waals surface area contributed by atoms with Gasteiger partial charge in [-0.05, 0) is 13.0 Å². The average molecular weight is 200 g/mol. The summed E-state index contributed by atoms with van der Waals surface area (Å²) in [5.41, 5.74) is 0.639. The smallest absolute Gasteiger partial charge is 0.324 e. The number of hydrogen-bond acceptors (Lipinski definition) is 5. The third-order valence-corrected chi connectivity index (χ3v) is 2.50. The van der Waals surface area contributed by atoms with Gasteiger partial charge in [0.2, 0.25) is 0 Å². The van der Waals surface area contributed by atoms with Crippen molar-refractivity contribution in [1.29, 1.82) is 0 Å². The fourth-order valence-corrected chi connectivity index (χ4v) is 1.56. The topological polar surface area (TPSA) is 64.7 Å². The molecule has 0 saturated heterocycles. The van der Waals surface area contributed by atoms with Gasteiger partial charge in [0.05, 0.1) is 15.5 Å². The van der Waals surface area contributed by atoms with Gasteiger partial charge in [0.15, 0.2) is 0 Å². The Kier molecular flexibility index (Phi) is 2.97. The molecule has 70 valence electrons. The van der Waals surface area contributed by atoms with Gasteiger partial charge in [-0.3, -0.25) is 10.1 Å². The van der Waals surface area contributed by atoms with Crippen molar-refractivity contribution in [2.24, 2.45) is 5.16 Å². The van der Waals surface area contributed by atoms with E-state index in [9.17, 15) is 10.1 Å². The van der Waals surface area contributed by atoms with E-state index in [0.717, 1.165) is 16.2 Å². The van der Waals surface area contributed by atoms with Gasteiger partial charge in [0.25, 0.3) is 0 Å². The van der Waals surface area contributed by atoms with Crippen LogP contribution in [0.3, 0.4) is 0 Å². The zero-order chi connectivity index (χ0) is 9.84. The molecule has 5 nitrogen and oxygen atoms in total. The summed E-state index contributed by atoms with van der Waals surface area (Å²) < 4.78 is 0. The lowest BCUT2D eigenvalue weighted by Crippen LogP contribution is -1.90. The summed E-state index contributed by atoms with van der Waals surface area (Å²) in [5, 5.41) is 14.1. The molecule has 0 amide bonds. The zero-order valence-electron chi connectivity index (χ0n) is 7.18. The van der Waals surface area contributed by atoms with Crippen LogP contribution in [-0.4, -0.2) is 17.7 Å². The third-order valence-electron chi connectivity index (χ3n) is 1.36. The van der Waals surface area contributed by atoms with Gasteiger partial charge in [-0.2, -0.15) is 0 Å². The standard InChI is InChI=1S/C7H8N2O3S/c1-5(8-12-2)6-3-4-7(13-6)9(10)11/h3-4H,1-2H3/b8-5+. The highest BCUT2D eigenvalue weighted by Gasteiger charge is 2.11. The van der Waals surface area contributed by atoms with Crippen LogP contribution in [0.2, 0.25) is 0 Å². The van der Waals surface area contributed by atoms with E-state index in [0.29, 0.717) is 5.71 Å². The Labute approximate surface area is 78.8 Å². The molecule has 0 fully saturated rings. The molecule has 0 bridgehead atoms. The summed E-state index contributed by atoms with van der Waals surface area (Å²) in [6.45, 7) is 1.74. The second-order valence-corrected chi connectivity index (χ2v) is 3.32. The van der Waals surface area contributed by atoms with Crippen LogP contribution in [0.15, 0.2) is 17.3 Å². The van der Waals surface area contributed by atoms with Crippen LogP contribution in [0.25, 0.3) is 0 Å². The maximum Gasteiger partial charge on any atom is 0.324 e. The van der Waals surface area contributed by atoms with E-state index in [-0.39, 0.29) is 5.00 Å². The number of hydrogen-bond donors (Lipinski definition) is 0. The molecule has 0 atom stereocenters. The van der Waals surface area contributed by atoms with Gasteiger partial charge in [-0.25, -0.2) is 0 Å². The molecule has 0 unspecified atom stereocenters. The molecule has 1 aromatic heterocycles. The SMILES string of the molecule is CO/N=C(\C)c1ccc([N+](=O)[O-])s1. The molecule has 0 aliphatic rings. The first-order valence-corrected chi connectivity index (χ1v) is 4.29. The first kappa shape index (κ1) is 9.66. The highest BCUT2D eigenvalue weighted by atomic mass is 32.1. The van der Waals surface area contributed by atoms with Crippen LogP contribution >= 0.6 is 11.3 Å². The van der Waals surface area contributed by atoms with Crippen LogP contribution < -0.4 is 0 Å². The average Bonchev–Trinajstić information content (AvgIpc) is 2.52. The molecule has 1 heterocycles. The molecule has 1 aromatic rings. The first-order chi connectivity index (χ1) is 6.15. The van der Waals surface area contributed by atoms with Crippen molar-refractivity contribution in [3.63, 3.8) is 0 Å². The minimum absolute atomic E-state index is 0.112. The van der Waals surface area contributed by atoms with Crippen molar-refractivity contribution in [1.82, 2.24) is 0 Å². The summed E-state index contributed by atoms with van der Waals surface area (Å²) in [6, 6.07) is 3.11. The van der Waals surface area contributed by atoms with Crippen LogP contribution in [0.4, 0.5) is 5.00 Å². The Balaban J connectivity index is 2.92. The third kappa shape index (κ3) is 2.25. The van der Waals surface area contributed by atoms with Crippen molar-refractivity contribution in [3.05, 3.63) is 27.1 Å². The molecule has 6 heteroatoms. The van der Waals surface area contributed by atoms with Gasteiger partial charge in [-0.1, -0.05) is 16.5 Å². The summed E-state index contributed by atoms with van der Waals surface area (Å²) >= 11 is 1.08. The maximum atomic E-state index is 10.3. The normalized spacial score (nSPS) is 11.4. The minimum Gasteiger partial charge on any atom is -0.399 e. The molecule has 0 aliphatic carbocycles. The predicted octanol–water partition coefficient (Wildman–Crippen LogP) is 2.03. The van der Waals surface area contributed by atoms with Crippen LogP contribution in [0.5, 0.6) is 0 Å². The van der Waals surface area contributed by atoms with E-state index in [4.69, 9.17) is 0 Å². The molecular weight excluding hydrogens is 192 g/mol. The summed E-state index contributed by atoms with van der Waals surface area (Å²) in [4.78, 5) is 15.2. The Morgan fingerprint density at radius 3 is 2.85 bits per heavy atom. The maximum absolute atomic E-state index is 10.3. The first-order valence-electron chi connectivity index (χ1n) is 3.47. The zero-order valence-corrected chi connectivity index (χ0v) is 8.00. The number of oxime groups is 1. The fourth-order valence-electron chi connectivity index (χ4n) is 0.802. The van der Waals surface area contributed by atoms with E-state index in [1.165, 1.54) is 13.2 Å². The molecular formula is C7H8N2O3S. The van der Waals surface area contributed by atoms with Gasteiger partial charge >= 0.3 is 5.00 Å². The van der Waals surface area contributed by atoms with Gasteiger partial charge < -0.3 is 4.84 Å². The second-order valence-electron chi connectivity index (χ2n) is 2.25. The van der Waals surface area contributed by atoms with Gasteiger partial charge in [-0.15, -0.1) is 0 Å². The van der Waals surface area contributed by atoms with Crippen molar-refractivity contribution in [3.8, 4) is 0 Å². The number of nitrogens with zero attached hydrogens (tertiary/aromatic N) is 2. The monoisotopic (exact) mass is 200 g/mol. The molecule has 0 aliphatic heterocycles. The largest absolute Gasteiger partial charge is 0.399 e. The van der Waals surface area contributed by atoms with Crippen LogP contribution in [-0.2, 0) is 4.84 Å². The molecule has 0 saturated carbocycles. The highest BCUT2D eigenvalue weighted by molar-refractivity contribution is 7.17. The summed E-state index contributed by atoms with van der Waals surface area (Å²) in [6.07, 6.45) is 0. The lowest BCUT2D eigenvalue weighted by atomic mass is 10.3. The number of thiophene rings is 1. The van der Waals surface area contributed by atoms with Crippen molar-refractivity contribution in [2.45, 2.75) is 6.92 Å². The number of rotatable bonds is 3. The fraction of sp³-hybridized carbons (Fsp3) is 0.286. The van der Waals surface area contributed by atoms with Gasteiger partial charge in [0, 0.05) is 6.07 Å². The van der Waals surface area contributed by atoms with Crippen molar-refractivity contribution < 1.29 is 9.76 Å². The van der Waals surface area contributed by atoms with E-state index >= 15 is 0 Å². The molecule has 0 radical (unpaired) electrons. The lowest BCUT2D eigenvalue weighted by molar-refractivity contribution is -0.380. The Hall–Kier alpha value is -1.43. The second kappa shape index (κ2) is 3.99. The number of nitro groups is 1. The van der Waals surface area contributed by atoms with Crippen molar-refractivity contribution in [2.75, 3.05) is 7.11 Å². The van der Waals surface area contributed by atoms with Crippen LogP contribution in [0.1, 0.15) is 11.8 Å². The van der Waals surface area contributed by atoms with E-state index in [2.05, 4.69) is 9.99 Å². The van der Waals surface area contributed by atoms with E-state index in [1.807, 2.05) is 0 Å². The summed E-state index contributed by atoms with van der Waals surface area (Å²) in [5.74, 6) is 0. The minimum atomic E-state index is -0.422. The van der Waals surface area contributed by atoms with Gasteiger partial charge in [0.1, 0.15) is 7.11 Å². The highest BCUT2D eigenvalue weighted by Crippen LogP contribution is 2.24. The quantitative estimate of drug-likeness (QED) is 0.426. The predicted molar refractivity (Wildman–Crippen MR) is 50.2 cm³/mol. The molecule has 0 spiro atoms. The Morgan fingerprint density at radius 1 is 1.69 bits per heavy atom. The van der Waals surface area contributed by atoms with Crippen LogP contribution in [0, 0.1) is 10.1 Å². The van der Waals surface area contributed by atoms with E-state index < -0.39 is 4.92 Å². The molecule has 1 rings (SSSR count). The van der Waals surface area contributed by atoms with E-state index in [1.54, 1.807) is 13.0 Å². The Morgan fingerprint density at radius 2 is 2.38 bits per heavy atom. The Bertz CT molecular complexity index is 345. The van der Waals surface area contributed by atoms with Crippen molar-refractivity contribution >= 4 is 22.0 Å². The molecule has 0 aromatic carbocycles.